The van der Waals surface area contributed by atoms with Crippen molar-refractivity contribution in [3.05, 3.63) is 76.3 Å². The van der Waals surface area contributed by atoms with Crippen LogP contribution in [0.3, 0.4) is 0 Å². The molecule has 0 radical (unpaired) electrons. The van der Waals surface area contributed by atoms with Gasteiger partial charge >= 0.3 is 0 Å². The molecule has 0 atom stereocenters. The summed E-state index contributed by atoms with van der Waals surface area (Å²) in [6.45, 7) is 6.41. The third-order valence-electron chi connectivity index (χ3n) is 5.82. The molecule has 32 heavy (non-hydrogen) atoms. The van der Waals surface area contributed by atoms with Crippen LogP contribution in [0.1, 0.15) is 37.5 Å². The van der Waals surface area contributed by atoms with E-state index in [1.807, 2.05) is 30.3 Å². The lowest BCUT2D eigenvalue weighted by molar-refractivity contribution is 0.371. The minimum absolute atomic E-state index is 0.0762. The first kappa shape index (κ1) is 20.5. The van der Waals surface area contributed by atoms with Crippen molar-refractivity contribution in [1.29, 1.82) is 0 Å². The summed E-state index contributed by atoms with van der Waals surface area (Å²) in [5, 5.41) is 14.7. The Bertz CT molecular complexity index is 1320. The van der Waals surface area contributed by atoms with Gasteiger partial charge in [0.2, 0.25) is 0 Å². The highest BCUT2D eigenvalue weighted by atomic mass is 35.5. The number of benzene rings is 3. The van der Waals surface area contributed by atoms with E-state index in [2.05, 4.69) is 44.3 Å². The van der Waals surface area contributed by atoms with Crippen LogP contribution in [-0.2, 0) is 0 Å². The molecule has 162 valence electrons. The van der Waals surface area contributed by atoms with Gasteiger partial charge in [-0.3, -0.25) is 0 Å². The van der Waals surface area contributed by atoms with Crippen LogP contribution >= 0.6 is 11.6 Å². The van der Waals surface area contributed by atoms with Crippen LogP contribution in [0.2, 0.25) is 5.02 Å². The van der Waals surface area contributed by atoms with Crippen molar-refractivity contribution in [3.63, 3.8) is 0 Å². The molecule has 0 unspecified atom stereocenters. The van der Waals surface area contributed by atoms with Crippen LogP contribution < -0.4 is 14.8 Å². The van der Waals surface area contributed by atoms with E-state index < -0.39 is 0 Å². The minimum Gasteiger partial charge on any atom is -0.504 e. The van der Waals surface area contributed by atoms with Gasteiger partial charge in [-0.1, -0.05) is 35.9 Å². The van der Waals surface area contributed by atoms with E-state index in [0.29, 0.717) is 22.3 Å². The first-order chi connectivity index (χ1) is 15.3. The Morgan fingerprint density at radius 3 is 2.62 bits per heavy atom. The number of phenolic OH excluding ortho intramolecular Hbond substituents is 1. The number of methoxy groups -OCH3 is 1. The van der Waals surface area contributed by atoms with Crippen molar-refractivity contribution in [2.24, 2.45) is 0 Å². The molecule has 0 spiro atoms. The average Bonchev–Trinajstić information content (AvgIpc) is 2.72. The highest BCUT2D eigenvalue weighted by molar-refractivity contribution is 6.30. The molecule has 4 nitrogen and oxygen atoms in total. The fraction of sp³-hybridized carbons (Fsp3) is 0.185. The fourth-order valence-corrected chi connectivity index (χ4v) is 4.90. The second-order valence-electron chi connectivity index (χ2n) is 8.74. The van der Waals surface area contributed by atoms with Crippen molar-refractivity contribution < 1.29 is 14.6 Å². The molecule has 2 aliphatic rings. The van der Waals surface area contributed by atoms with Gasteiger partial charge in [0.1, 0.15) is 11.5 Å². The zero-order valence-corrected chi connectivity index (χ0v) is 19.2. The summed E-state index contributed by atoms with van der Waals surface area (Å²) < 4.78 is 12.0. The van der Waals surface area contributed by atoms with Crippen molar-refractivity contribution in [2.75, 3.05) is 12.4 Å². The number of ether oxygens (including phenoxy) is 2. The standard InChI is InChI=1S/C27H24ClNO3/c1-15-14-27(2,3)29-19-9-8-18-24(23(15)19)22(13-16-6-5-7-17(28)12-16)32-21-11-10-20(30)26(31-4)25(18)21/h5-14,29-30H,1-4H3/b22-13-. The summed E-state index contributed by atoms with van der Waals surface area (Å²) in [7, 11) is 1.56. The predicted octanol–water partition coefficient (Wildman–Crippen LogP) is 7.22. The molecule has 2 aliphatic heterocycles. The molecular formula is C27H24ClNO3. The minimum atomic E-state index is -0.161. The molecule has 3 aromatic rings. The van der Waals surface area contributed by atoms with Gasteiger partial charge in [0.15, 0.2) is 11.5 Å². The summed E-state index contributed by atoms with van der Waals surface area (Å²) in [4.78, 5) is 0. The Labute approximate surface area is 192 Å². The summed E-state index contributed by atoms with van der Waals surface area (Å²) >= 11 is 6.24. The number of anilines is 1. The summed E-state index contributed by atoms with van der Waals surface area (Å²) in [5.74, 6) is 1.82. The maximum atomic E-state index is 10.4. The van der Waals surface area contributed by atoms with Crippen molar-refractivity contribution in [2.45, 2.75) is 26.3 Å². The van der Waals surface area contributed by atoms with Gasteiger partial charge in [-0.25, -0.2) is 0 Å². The SMILES string of the molecule is COc1c(O)ccc2c1-c1ccc3c(c1/C(=C/c1cccc(Cl)c1)O2)C(C)=CC(C)(C)N3. The molecule has 0 saturated heterocycles. The zero-order valence-electron chi connectivity index (χ0n) is 18.4. The molecule has 2 N–H and O–H groups in total. The van der Waals surface area contributed by atoms with Gasteiger partial charge in [-0.15, -0.1) is 0 Å². The molecule has 0 bridgehead atoms. The van der Waals surface area contributed by atoms with Crippen molar-refractivity contribution >= 4 is 34.7 Å². The van der Waals surface area contributed by atoms with Gasteiger partial charge in [-0.05, 0) is 68.3 Å². The number of aromatic hydroxyl groups is 1. The third-order valence-corrected chi connectivity index (χ3v) is 6.05. The Morgan fingerprint density at radius 2 is 1.88 bits per heavy atom. The number of nitrogens with one attached hydrogen (secondary N) is 1. The average molecular weight is 446 g/mol. The zero-order chi connectivity index (χ0) is 22.6. The van der Waals surface area contributed by atoms with Crippen LogP contribution in [0, 0.1) is 0 Å². The molecule has 5 heteroatoms. The molecule has 0 aliphatic carbocycles. The first-order valence-corrected chi connectivity index (χ1v) is 10.9. The molecule has 5 rings (SSSR count). The quantitative estimate of drug-likeness (QED) is 0.437. The van der Waals surface area contributed by atoms with Crippen LogP contribution in [0.25, 0.3) is 28.5 Å². The van der Waals surface area contributed by atoms with Gasteiger partial charge in [0.25, 0.3) is 0 Å². The smallest absolute Gasteiger partial charge is 0.172 e. The number of hydrogen-bond acceptors (Lipinski definition) is 4. The van der Waals surface area contributed by atoms with Gasteiger partial charge in [0, 0.05) is 27.4 Å². The number of hydrogen-bond donors (Lipinski definition) is 2. The molecule has 0 saturated carbocycles. The lowest BCUT2D eigenvalue weighted by atomic mass is 9.83. The monoisotopic (exact) mass is 445 g/mol. The van der Waals surface area contributed by atoms with Crippen LogP contribution in [0.4, 0.5) is 5.69 Å². The van der Waals surface area contributed by atoms with Crippen molar-refractivity contribution in [3.8, 4) is 28.4 Å². The van der Waals surface area contributed by atoms with Crippen molar-refractivity contribution in [1.82, 2.24) is 0 Å². The number of halogens is 1. The first-order valence-electron chi connectivity index (χ1n) is 10.5. The normalized spacial score (nSPS) is 16.8. The number of allylic oxidation sites excluding steroid dienone is 1. The van der Waals surface area contributed by atoms with Crippen LogP contribution in [0.15, 0.2) is 54.6 Å². The summed E-state index contributed by atoms with van der Waals surface area (Å²) in [5.41, 5.74) is 6.69. The Balaban J connectivity index is 1.84. The van der Waals surface area contributed by atoms with Gasteiger partial charge < -0.3 is 19.9 Å². The van der Waals surface area contributed by atoms with E-state index in [4.69, 9.17) is 21.1 Å². The fourth-order valence-electron chi connectivity index (χ4n) is 4.70. The second-order valence-corrected chi connectivity index (χ2v) is 9.18. The van der Waals surface area contributed by atoms with E-state index in [0.717, 1.165) is 39.1 Å². The molecule has 2 heterocycles. The van der Waals surface area contributed by atoms with E-state index in [1.54, 1.807) is 19.2 Å². The maximum absolute atomic E-state index is 10.4. The number of rotatable bonds is 2. The molecule has 0 amide bonds. The topological polar surface area (TPSA) is 50.7 Å². The Morgan fingerprint density at radius 1 is 1.06 bits per heavy atom. The highest BCUT2D eigenvalue weighted by Crippen LogP contribution is 2.54. The number of phenols is 1. The Hall–Kier alpha value is -3.37. The number of fused-ring (bicyclic) bond motifs is 5. The molecule has 3 aromatic carbocycles. The van der Waals surface area contributed by atoms with Gasteiger partial charge in [0.05, 0.1) is 18.2 Å². The van der Waals surface area contributed by atoms with Gasteiger partial charge in [-0.2, -0.15) is 0 Å². The van der Waals surface area contributed by atoms with E-state index in [9.17, 15) is 5.11 Å². The molecule has 0 aromatic heterocycles. The Kier molecular flexibility index (Phi) is 4.72. The largest absolute Gasteiger partial charge is 0.504 e. The lowest BCUT2D eigenvalue weighted by Crippen LogP contribution is -2.32. The highest BCUT2D eigenvalue weighted by Gasteiger charge is 2.33. The van der Waals surface area contributed by atoms with Crippen LogP contribution in [-0.4, -0.2) is 17.8 Å². The third kappa shape index (κ3) is 3.32. The summed E-state index contributed by atoms with van der Waals surface area (Å²) in [6, 6.07) is 15.2. The van der Waals surface area contributed by atoms with E-state index in [1.165, 1.54) is 0 Å². The molecule has 0 fully saturated rings. The van der Waals surface area contributed by atoms with Crippen LogP contribution in [0.5, 0.6) is 17.2 Å². The summed E-state index contributed by atoms with van der Waals surface area (Å²) in [6.07, 6.45) is 4.22. The van der Waals surface area contributed by atoms with E-state index >= 15 is 0 Å². The molecular weight excluding hydrogens is 422 g/mol. The lowest BCUT2D eigenvalue weighted by Gasteiger charge is -2.35. The second kappa shape index (κ2) is 7.35. The predicted molar refractivity (Wildman–Crippen MR) is 131 cm³/mol. The van der Waals surface area contributed by atoms with E-state index in [-0.39, 0.29) is 11.3 Å². The maximum Gasteiger partial charge on any atom is 0.172 e.